The summed E-state index contributed by atoms with van der Waals surface area (Å²) < 4.78 is 11.8. The van der Waals surface area contributed by atoms with Gasteiger partial charge in [-0.3, -0.25) is 9.59 Å². The summed E-state index contributed by atoms with van der Waals surface area (Å²) in [4.78, 5) is 25.8. The Hall–Kier alpha value is -2.52. The number of Topliss-reactive ketones (excluding diaryl/α,β-unsaturated/α-hetero) is 2. The second-order valence-corrected chi connectivity index (χ2v) is 8.28. The van der Waals surface area contributed by atoms with Gasteiger partial charge in [0.1, 0.15) is 6.61 Å². The number of methoxy groups -OCH3 is 1. The molecule has 0 radical (unpaired) electrons. The fourth-order valence-electron chi connectivity index (χ4n) is 4.48. The molecule has 5 nitrogen and oxygen atoms in total. The van der Waals surface area contributed by atoms with E-state index < -0.39 is 0 Å². The number of halogens is 1. The largest absolute Gasteiger partial charge is 0.493 e. The Morgan fingerprint density at radius 1 is 1.10 bits per heavy atom. The van der Waals surface area contributed by atoms with Gasteiger partial charge in [0.25, 0.3) is 0 Å². The van der Waals surface area contributed by atoms with Crippen molar-refractivity contribution in [3.8, 4) is 23.8 Å². The van der Waals surface area contributed by atoms with Crippen LogP contribution in [-0.4, -0.2) is 25.3 Å². The van der Waals surface area contributed by atoms with E-state index in [-0.39, 0.29) is 24.1 Å². The first-order valence-electron chi connectivity index (χ1n) is 9.78. The minimum absolute atomic E-state index is 0.108. The van der Waals surface area contributed by atoms with Gasteiger partial charge in [-0.1, -0.05) is 5.92 Å². The maximum atomic E-state index is 12.9. The summed E-state index contributed by atoms with van der Waals surface area (Å²) in [5, 5.41) is 3.43. The Morgan fingerprint density at radius 2 is 1.72 bits per heavy atom. The zero-order chi connectivity index (χ0) is 20.5. The number of rotatable bonds is 4. The first-order valence-corrected chi connectivity index (χ1v) is 10.6. The van der Waals surface area contributed by atoms with E-state index in [1.165, 1.54) is 0 Å². The van der Waals surface area contributed by atoms with E-state index in [0.29, 0.717) is 28.8 Å². The van der Waals surface area contributed by atoms with Gasteiger partial charge in [-0.05, 0) is 59.3 Å². The lowest BCUT2D eigenvalue weighted by Gasteiger charge is -2.37. The summed E-state index contributed by atoms with van der Waals surface area (Å²) >= 11 is 3.55. The Morgan fingerprint density at radius 3 is 2.28 bits per heavy atom. The van der Waals surface area contributed by atoms with Gasteiger partial charge in [-0.25, -0.2) is 0 Å². The van der Waals surface area contributed by atoms with E-state index in [9.17, 15) is 9.59 Å². The maximum absolute atomic E-state index is 12.9. The van der Waals surface area contributed by atoms with Crippen LogP contribution in [0.2, 0.25) is 0 Å². The maximum Gasteiger partial charge on any atom is 0.176 e. The van der Waals surface area contributed by atoms with Crippen LogP contribution >= 0.6 is 15.9 Å². The average molecular weight is 456 g/mol. The fraction of sp³-hybridized carbons (Fsp3) is 0.391. The van der Waals surface area contributed by atoms with Crippen molar-refractivity contribution in [3.63, 3.8) is 0 Å². The van der Waals surface area contributed by atoms with Crippen LogP contribution in [0.3, 0.4) is 0 Å². The molecule has 0 saturated carbocycles. The number of benzene rings is 1. The lowest BCUT2D eigenvalue weighted by Crippen LogP contribution is -2.36. The van der Waals surface area contributed by atoms with Crippen LogP contribution < -0.4 is 14.8 Å². The molecule has 0 amide bonds. The Kier molecular flexibility index (Phi) is 5.51. The Labute approximate surface area is 178 Å². The molecule has 0 unspecified atom stereocenters. The minimum Gasteiger partial charge on any atom is -0.493 e. The van der Waals surface area contributed by atoms with Gasteiger partial charge in [0, 0.05) is 41.3 Å². The molecule has 1 N–H and O–H groups in total. The van der Waals surface area contributed by atoms with Crippen molar-refractivity contribution in [2.75, 3.05) is 13.7 Å². The van der Waals surface area contributed by atoms with Crippen molar-refractivity contribution in [1.82, 2.24) is 5.32 Å². The molecule has 1 aromatic rings. The van der Waals surface area contributed by atoms with Crippen LogP contribution in [0.1, 0.15) is 50.0 Å². The van der Waals surface area contributed by atoms with Gasteiger partial charge in [-0.15, -0.1) is 6.42 Å². The summed E-state index contributed by atoms with van der Waals surface area (Å²) in [5.74, 6) is 3.31. The predicted molar refractivity (Wildman–Crippen MR) is 113 cm³/mol. The van der Waals surface area contributed by atoms with Crippen molar-refractivity contribution in [2.45, 2.75) is 44.4 Å². The van der Waals surface area contributed by atoms with Crippen molar-refractivity contribution in [3.05, 3.63) is 44.7 Å². The van der Waals surface area contributed by atoms with E-state index in [2.05, 4.69) is 27.2 Å². The second-order valence-electron chi connectivity index (χ2n) is 7.42. The van der Waals surface area contributed by atoms with E-state index in [1.807, 2.05) is 12.1 Å². The molecule has 1 aliphatic heterocycles. The average Bonchev–Trinajstić information content (AvgIpc) is 2.71. The van der Waals surface area contributed by atoms with Gasteiger partial charge in [-0.2, -0.15) is 0 Å². The van der Waals surface area contributed by atoms with Crippen molar-refractivity contribution in [1.29, 1.82) is 0 Å². The van der Waals surface area contributed by atoms with Gasteiger partial charge < -0.3 is 14.8 Å². The molecular formula is C23H22BrNO4. The van der Waals surface area contributed by atoms with E-state index in [0.717, 1.165) is 53.8 Å². The summed E-state index contributed by atoms with van der Waals surface area (Å²) in [6, 6.07) is 3.76. The highest BCUT2D eigenvalue weighted by Gasteiger charge is 2.40. The third-order valence-electron chi connectivity index (χ3n) is 5.68. The number of ether oxygens (including phenoxy) is 2. The third kappa shape index (κ3) is 3.49. The third-order valence-corrected chi connectivity index (χ3v) is 6.27. The number of terminal acetylenes is 1. The fourth-order valence-corrected chi connectivity index (χ4v) is 5.05. The van der Waals surface area contributed by atoms with Gasteiger partial charge in [0.2, 0.25) is 0 Å². The summed E-state index contributed by atoms with van der Waals surface area (Å²) in [6.45, 7) is 0.114. The van der Waals surface area contributed by atoms with Crippen LogP contribution in [0.15, 0.2) is 39.1 Å². The molecule has 0 saturated heterocycles. The zero-order valence-corrected chi connectivity index (χ0v) is 17.9. The standard InChI is InChI=1S/C23H22BrNO4/c1-3-10-29-23-14(24)11-13(12-19(23)28-2)20-21-15(6-4-8-17(21)26)25-16-7-5-9-18(27)22(16)20/h1,11-12,20,25H,4-10H2,2H3. The van der Waals surface area contributed by atoms with Crippen molar-refractivity contribution in [2.24, 2.45) is 0 Å². The molecule has 0 fully saturated rings. The molecule has 4 rings (SSSR count). The Balaban J connectivity index is 1.88. The Bertz CT molecular complexity index is 957. The molecule has 1 aromatic carbocycles. The molecule has 3 aliphatic rings. The molecule has 0 bridgehead atoms. The van der Waals surface area contributed by atoms with Crippen molar-refractivity contribution >= 4 is 27.5 Å². The number of hydrogen-bond donors (Lipinski definition) is 1. The monoisotopic (exact) mass is 455 g/mol. The van der Waals surface area contributed by atoms with Crippen LogP contribution in [-0.2, 0) is 9.59 Å². The van der Waals surface area contributed by atoms with Crippen LogP contribution in [0.25, 0.3) is 0 Å². The van der Waals surface area contributed by atoms with Gasteiger partial charge in [0.05, 0.1) is 11.6 Å². The van der Waals surface area contributed by atoms with E-state index >= 15 is 0 Å². The molecule has 0 spiro atoms. The molecule has 0 atom stereocenters. The SMILES string of the molecule is C#CCOc1c(Br)cc(C2C3=C(CCCC3=O)NC3=C2C(=O)CCC3)cc1OC. The molecule has 2 aliphatic carbocycles. The summed E-state index contributed by atoms with van der Waals surface area (Å²) in [7, 11) is 1.56. The smallest absolute Gasteiger partial charge is 0.176 e. The number of carbonyl (C=O) groups is 2. The van der Waals surface area contributed by atoms with Gasteiger partial charge >= 0.3 is 0 Å². The molecule has 6 heteroatoms. The number of dihydropyridines is 1. The first kappa shape index (κ1) is 19.8. The van der Waals surface area contributed by atoms with Crippen LogP contribution in [0.4, 0.5) is 0 Å². The van der Waals surface area contributed by atoms with Crippen molar-refractivity contribution < 1.29 is 19.1 Å². The second kappa shape index (κ2) is 8.08. The van der Waals surface area contributed by atoms with Gasteiger partial charge in [0.15, 0.2) is 23.1 Å². The lowest BCUT2D eigenvalue weighted by molar-refractivity contribution is -0.116. The highest BCUT2D eigenvalue weighted by Crippen LogP contribution is 2.48. The summed E-state index contributed by atoms with van der Waals surface area (Å²) in [5.41, 5.74) is 4.20. The van der Waals surface area contributed by atoms with Crippen LogP contribution in [0, 0.1) is 12.3 Å². The quantitative estimate of drug-likeness (QED) is 0.690. The molecule has 150 valence electrons. The molecule has 1 heterocycles. The molecule has 0 aromatic heterocycles. The van der Waals surface area contributed by atoms with Crippen LogP contribution in [0.5, 0.6) is 11.5 Å². The highest BCUT2D eigenvalue weighted by molar-refractivity contribution is 9.10. The number of carbonyl (C=O) groups excluding carboxylic acids is 2. The number of allylic oxidation sites excluding steroid dienone is 4. The predicted octanol–water partition coefficient (Wildman–Crippen LogP) is 4.17. The lowest BCUT2D eigenvalue weighted by atomic mass is 9.71. The van der Waals surface area contributed by atoms with E-state index in [1.54, 1.807) is 7.11 Å². The highest BCUT2D eigenvalue weighted by atomic mass is 79.9. The topological polar surface area (TPSA) is 64.6 Å². The molecule has 29 heavy (non-hydrogen) atoms. The first-order chi connectivity index (χ1) is 14.0. The number of nitrogens with one attached hydrogen (secondary N) is 1. The minimum atomic E-state index is -0.381. The summed E-state index contributed by atoms with van der Waals surface area (Å²) in [6.07, 6.45) is 9.65. The normalized spacial score (nSPS) is 19.3. The number of hydrogen-bond acceptors (Lipinski definition) is 5. The zero-order valence-electron chi connectivity index (χ0n) is 16.3. The number of ketones is 2. The van der Waals surface area contributed by atoms with E-state index in [4.69, 9.17) is 15.9 Å². The molecular weight excluding hydrogens is 434 g/mol.